The molecule has 2 atom stereocenters. The molecular weight excluding hydrogens is 334 g/mol. The average Bonchev–Trinajstić information content (AvgIpc) is 2.37. The Morgan fingerprint density at radius 1 is 1.33 bits per heavy atom. The highest BCUT2D eigenvalue weighted by atomic mass is 79.9. The molecule has 0 saturated carbocycles. The van der Waals surface area contributed by atoms with Crippen molar-refractivity contribution in [3.05, 3.63) is 34.3 Å². The molecule has 2 unspecified atom stereocenters. The van der Waals surface area contributed by atoms with Gasteiger partial charge < -0.3 is 15.2 Å². The maximum Gasteiger partial charge on any atom is 0.407 e. The van der Waals surface area contributed by atoms with Crippen LogP contribution in [-0.4, -0.2) is 28.9 Å². The van der Waals surface area contributed by atoms with Crippen LogP contribution < -0.4 is 5.32 Å². The predicted molar refractivity (Wildman–Crippen MR) is 87.3 cm³/mol. The summed E-state index contributed by atoms with van der Waals surface area (Å²) in [6, 6.07) is 7.45. The van der Waals surface area contributed by atoms with Crippen LogP contribution in [0.4, 0.5) is 4.79 Å². The van der Waals surface area contributed by atoms with Gasteiger partial charge in [0.15, 0.2) is 0 Å². The normalized spacial score (nSPS) is 14.4. The second-order valence-electron chi connectivity index (χ2n) is 6.06. The van der Waals surface area contributed by atoms with Crippen molar-refractivity contribution in [2.24, 2.45) is 0 Å². The van der Waals surface area contributed by atoms with Gasteiger partial charge in [0.2, 0.25) is 0 Å². The molecule has 0 aliphatic carbocycles. The Hall–Kier alpha value is -1.07. The highest BCUT2D eigenvalue weighted by molar-refractivity contribution is 9.10. The third-order valence-corrected chi connectivity index (χ3v) is 3.48. The van der Waals surface area contributed by atoms with E-state index in [4.69, 9.17) is 4.74 Å². The first-order valence-corrected chi connectivity index (χ1v) is 7.92. The zero-order valence-electron chi connectivity index (χ0n) is 13.0. The zero-order chi connectivity index (χ0) is 16.0. The van der Waals surface area contributed by atoms with Crippen molar-refractivity contribution in [2.45, 2.75) is 58.3 Å². The van der Waals surface area contributed by atoms with Gasteiger partial charge in [-0.3, -0.25) is 0 Å². The fourth-order valence-corrected chi connectivity index (χ4v) is 2.17. The number of hydrogen-bond donors (Lipinski definition) is 2. The van der Waals surface area contributed by atoms with Crippen LogP contribution in [0.25, 0.3) is 0 Å². The minimum Gasteiger partial charge on any atom is -0.444 e. The molecule has 1 aromatic rings. The Morgan fingerprint density at radius 2 is 1.90 bits per heavy atom. The first-order valence-electron chi connectivity index (χ1n) is 7.13. The van der Waals surface area contributed by atoms with E-state index < -0.39 is 17.8 Å². The molecule has 0 aromatic heterocycles. The second kappa shape index (κ2) is 7.80. The molecule has 21 heavy (non-hydrogen) atoms. The van der Waals surface area contributed by atoms with E-state index in [0.29, 0.717) is 12.8 Å². The summed E-state index contributed by atoms with van der Waals surface area (Å²) in [5, 5.41) is 12.9. The fourth-order valence-electron chi connectivity index (χ4n) is 1.90. The molecule has 1 amide bonds. The van der Waals surface area contributed by atoms with Gasteiger partial charge in [0.05, 0.1) is 12.1 Å². The van der Waals surface area contributed by atoms with Crippen LogP contribution in [0.15, 0.2) is 28.7 Å². The fraction of sp³-hybridized carbons (Fsp3) is 0.562. The lowest BCUT2D eigenvalue weighted by atomic mass is 10.00. The Bertz CT molecular complexity index is 454. The SMILES string of the molecule is CCC(O)C(Cc1ccc(Br)cc1)NC(=O)OC(C)(C)C. The lowest BCUT2D eigenvalue weighted by Gasteiger charge is -2.26. The van der Waals surface area contributed by atoms with Gasteiger partial charge in [-0.25, -0.2) is 4.79 Å². The smallest absolute Gasteiger partial charge is 0.407 e. The van der Waals surface area contributed by atoms with E-state index in [1.807, 2.05) is 52.0 Å². The summed E-state index contributed by atoms with van der Waals surface area (Å²) < 4.78 is 6.25. The van der Waals surface area contributed by atoms with Gasteiger partial charge in [-0.15, -0.1) is 0 Å². The van der Waals surface area contributed by atoms with Crippen molar-refractivity contribution in [3.63, 3.8) is 0 Å². The summed E-state index contributed by atoms with van der Waals surface area (Å²) >= 11 is 3.39. The van der Waals surface area contributed by atoms with Gasteiger partial charge >= 0.3 is 6.09 Å². The van der Waals surface area contributed by atoms with Crippen molar-refractivity contribution in [3.8, 4) is 0 Å². The molecule has 0 fully saturated rings. The summed E-state index contributed by atoms with van der Waals surface area (Å²) in [4.78, 5) is 11.9. The van der Waals surface area contributed by atoms with Crippen LogP contribution in [0.3, 0.4) is 0 Å². The van der Waals surface area contributed by atoms with Crippen molar-refractivity contribution >= 4 is 22.0 Å². The molecule has 0 aliphatic heterocycles. The molecule has 4 nitrogen and oxygen atoms in total. The third kappa shape index (κ3) is 6.96. The molecule has 0 heterocycles. The van der Waals surface area contributed by atoms with Crippen molar-refractivity contribution in [2.75, 3.05) is 0 Å². The molecular formula is C16H24BrNO3. The maximum absolute atomic E-state index is 11.9. The van der Waals surface area contributed by atoms with E-state index in [9.17, 15) is 9.90 Å². The van der Waals surface area contributed by atoms with E-state index in [0.717, 1.165) is 10.0 Å². The van der Waals surface area contributed by atoms with Crippen LogP contribution in [0, 0.1) is 0 Å². The van der Waals surface area contributed by atoms with Gasteiger partial charge in [0.1, 0.15) is 5.60 Å². The Labute approximate surface area is 135 Å². The van der Waals surface area contributed by atoms with Crippen LogP contribution >= 0.6 is 15.9 Å². The number of ether oxygens (including phenoxy) is 1. The van der Waals surface area contributed by atoms with E-state index in [1.54, 1.807) is 0 Å². The first kappa shape index (κ1) is 18.0. The number of nitrogens with one attached hydrogen (secondary N) is 1. The third-order valence-electron chi connectivity index (χ3n) is 2.95. The molecule has 0 bridgehead atoms. The summed E-state index contributed by atoms with van der Waals surface area (Å²) in [6.45, 7) is 7.32. The van der Waals surface area contributed by atoms with Crippen LogP contribution in [0.2, 0.25) is 0 Å². The minimum atomic E-state index is -0.610. The quantitative estimate of drug-likeness (QED) is 0.845. The van der Waals surface area contributed by atoms with Crippen molar-refractivity contribution in [1.29, 1.82) is 0 Å². The molecule has 5 heteroatoms. The predicted octanol–water partition coefficient (Wildman–Crippen LogP) is 3.66. The summed E-state index contributed by atoms with van der Waals surface area (Å²) in [5.74, 6) is 0. The van der Waals surface area contributed by atoms with Crippen LogP contribution in [0.1, 0.15) is 39.7 Å². The highest BCUT2D eigenvalue weighted by Crippen LogP contribution is 2.14. The number of aliphatic hydroxyl groups excluding tert-OH is 1. The van der Waals surface area contributed by atoms with Gasteiger partial charge in [-0.2, -0.15) is 0 Å². The molecule has 1 rings (SSSR count). The van der Waals surface area contributed by atoms with Gasteiger partial charge in [0.25, 0.3) is 0 Å². The van der Waals surface area contributed by atoms with Gasteiger partial charge in [0, 0.05) is 4.47 Å². The maximum atomic E-state index is 11.9. The summed E-state index contributed by atoms with van der Waals surface area (Å²) in [6.07, 6.45) is 0.0108. The number of halogens is 1. The Balaban J connectivity index is 2.72. The Kier molecular flexibility index (Phi) is 6.68. The highest BCUT2D eigenvalue weighted by Gasteiger charge is 2.23. The molecule has 0 spiro atoms. The summed E-state index contributed by atoms with van der Waals surface area (Å²) in [5.41, 5.74) is 0.496. The molecule has 118 valence electrons. The Morgan fingerprint density at radius 3 is 2.38 bits per heavy atom. The molecule has 2 N–H and O–H groups in total. The van der Waals surface area contributed by atoms with Gasteiger partial charge in [-0.1, -0.05) is 35.0 Å². The summed E-state index contributed by atoms with van der Waals surface area (Å²) in [7, 11) is 0. The van der Waals surface area contributed by atoms with E-state index in [-0.39, 0.29) is 6.04 Å². The van der Waals surface area contributed by atoms with Crippen LogP contribution in [-0.2, 0) is 11.2 Å². The molecule has 1 aromatic carbocycles. The number of amides is 1. The van der Waals surface area contributed by atoms with Crippen molar-refractivity contribution < 1.29 is 14.6 Å². The van der Waals surface area contributed by atoms with E-state index >= 15 is 0 Å². The lowest BCUT2D eigenvalue weighted by Crippen LogP contribution is -2.46. The number of hydrogen-bond acceptors (Lipinski definition) is 3. The zero-order valence-corrected chi connectivity index (χ0v) is 14.6. The second-order valence-corrected chi connectivity index (χ2v) is 6.97. The number of aliphatic hydroxyl groups is 1. The number of carbonyl (C=O) groups excluding carboxylic acids is 1. The molecule has 0 radical (unpaired) electrons. The standard InChI is InChI=1S/C16H24BrNO3/c1-5-14(19)13(18-15(20)21-16(2,3)4)10-11-6-8-12(17)9-7-11/h6-9,13-14,19H,5,10H2,1-4H3,(H,18,20). The number of carbonyl (C=O) groups is 1. The molecule has 0 saturated heterocycles. The monoisotopic (exact) mass is 357 g/mol. The topological polar surface area (TPSA) is 58.6 Å². The largest absolute Gasteiger partial charge is 0.444 e. The van der Waals surface area contributed by atoms with Gasteiger partial charge in [-0.05, 0) is 51.3 Å². The number of rotatable bonds is 5. The lowest BCUT2D eigenvalue weighted by molar-refractivity contribution is 0.0419. The minimum absolute atomic E-state index is 0.369. The van der Waals surface area contributed by atoms with Crippen molar-refractivity contribution in [1.82, 2.24) is 5.32 Å². The average molecular weight is 358 g/mol. The van der Waals surface area contributed by atoms with E-state index in [1.165, 1.54) is 0 Å². The number of alkyl carbamates (subject to hydrolysis) is 1. The van der Waals surface area contributed by atoms with E-state index in [2.05, 4.69) is 21.2 Å². The molecule has 0 aliphatic rings. The van der Waals surface area contributed by atoms with Crippen LogP contribution in [0.5, 0.6) is 0 Å². The number of benzene rings is 1. The first-order chi connectivity index (χ1) is 9.71.